The van der Waals surface area contributed by atoms with Crippen LogP contribution in [0, 0.1) is 5.41 Å². The number of carbonyl (C=O) groups is 2. The van der Waals surface area contributed by atoms with Crippen LogP contribution in [0.15, 0.2) is 11.8 Å². The SMILES string of the molecule is C/C=C1\NC(=O)OCC1OC(=O)C(C)(C)C. The van der Waals surface area contributed by atoms with Gasteiger partial charge in [-0.05, 0) is 27.7 Å². The molecule has 1 aliphatic rings. The summed E-state index contributed by atoms with van der Waals surface area (Å²) in [6, 6.07) is 0. The van der Waals surface area contributed by atoms with Crippen LogP contribution in [0.25, 0.3) is 0 Å². The van der Waals surface area contributed by atoms with Gasteiger partial charge >= 0.3 is 12.1 Å². The number of carbonyl (C=O) groups excluding carboxylic acids is 2. The van der Waals surface area contributed by atoms with Gasteiger partial charge in [-0.1, -0.05) is 6.08 Å². The molecule has 1 rings (SSSR count). The number of nitrogens with one attached hydrogen (secondary N) is 1. The zero-order chi connectivity index (χ0) is 12.3. The summed E-state index contributed by atoms with van der Waals surface area (Å²) in [4.78, 5) is 22.6. The van der Waals surface area contributed by atoms with E-state index in [-0.39, 0.29) is 12.6 Å². The fourth-order valence-electron chi connectivity index (χ4n) is 1.14. The first kappa shape index (κ1) is 12.5. The summed E-state index contributed by atoms with van der Waals surface area (Å²) >= 11 is 0. The number of alkyl carbamates (subject to hydrolysis) is 1. The lowest BCUT2D eigenvalue weighted by Gasteiger charge is -2.28. The molecule has 0 saturated carbocycles. The Balaban J connectivity index is 2.67. The van der Waals surface area contributed by atoms with Crippen molar-refractivity contribution in [2.75, 3.05) is 6.61 Å². The summed E-state index contributed by atoms with van der Waals surface area (Å²) in [7, 11) is 0. The van der Waals surface area contributed by atoms with E-state index in [2.05, 4.69) is 5.32 Å². The molecule has 1 N–H and O–H groups in total. The van der Waals surface area contributed by atoms with Crippen molar-refractivity contribution in [2.45, 2.75) is 33.8 Å². The van der Waals surface area contributed by atoms with Crippen LogP contribution in [0.3, 0.4) is 0 Å². The van der Waals surface area contributed by atoms with Gasteiger partial charge < -0.3 is 9.47 Å². The normalized spacial score (nSPS) is 23.6. The quantitative estimate of drug-likeness (QED) is 0.691. The maximum absolute atomic E-state index is 11.7. The summed E-state index contributed by atoms with van der Waals surface area (Å²) < 4.78 is 10.0. The van der Waals surface area contributed by atoms with E-state index < -0.39 is 17.6 Å². The molecule has 1 aliphatic heterocycles. The highest BCUT2D eigenvalue weighted by Gasteiger charge is 2.31. The predicted octanol–water partition coefficient (Wildman–Crippen LogP) is 1.59. The predicted molar refractivity (Wildman–Crippen MR) is 57.6 cm³/mol. The van der Waals surface area contributed by atoms with Crippen LogP contribution in [0.4, 0.5) is 4.79 Å². The highest BCUT2D eigenvalue weighted by atomic mass is 16.6. The molecule has 0 aromatic rings. The van der Waals surface area contributed by atoms with Crippen molar-refractivity contribution in [1.29, 1.82) is 0 Å². The molecule has 90 valence electrons. The second kappa shape index (κ2) is 4.55. The molecular formula is C11H17NO4. The minimum absolute atomic E-state index is 0.0628. The largest absolute Gasteiger partial charge is 0.452 e. The molecule has 1 unspecified atom stereocenters. The molecule has 1 atom stereocenters. The fourth-order valence-corrected chi connectivity index (χ4v) is 1.14. The average molecular weight is 227 g/mol. The van der Waals surface area contributed by atoms with Crippen LogP contribution in [0.2, 0.25) is 0 Å². The summed E-state index contributed by atoms with van der Waals surface area (Å²) in [6.07, 6.45) is 0.645. The fraction of sp³-hybridized carbons (Fsp3) is 0.636. The number of hydrogen-bond acceptors (Lipinski definition) is 4. The Kier molecular flexibility index (Phi) is 3.57. The second-order valence-corrected chi connectivity index (χ2v) is 4.61. The van der Waals surface area contributed by atoms with Gasteiger partial charge in [0.1, 0.15) is 6.61 Å². The van der Waals surface area contributed by atoms with Crippen LogP contribution >= 0.6 is 0 Å². The van der Waals surface area contributed by atoms with Gasteiger partial charge in [-0.25, -0.2) is 4.79 Å². The van der Waals surface area contributed by atoms with Crippen LogP contribution in [0.1, 0.15) is 27.7 Å². The van der Waals surface area contributed by atoms with E-state index in [1.165, 1.54) is 0 Å². The van der Waals surface area contributed by atoms with Gasteiger partial charge in [-0.15, -0.1) is 0 Å². The van der Waals surface area contributed by atoms with Gasteiger partial charge in [0.2, 0.25) is 0 Å². The number of allylic oxidation sites excluding steroid dienone is 1. The van der Waals surface area contributed by atoms with Gasteiger partial charge in [0.05, 0.1) is 11.1 Å². The van der Waals surface area contributed by atoms with E-state index in [1.807, 2.05) is 0 Å². The van der Waals surface area contributed by atoms with E-state index in [0.29, 0.717) is 5.70 Å². The van der Waals surface area contributed by atoms with Gasteiger partial charge in [0.25, 0.3) is 0 Å². The zero-order valence-electron chi connectivity index (χ0n) is 9.99. The van der Waals surface area contributed by atoms with Crippen molar-refractivity contribution in [1.82, 2.24) is 5.32 Å². The van der Waals surface area contributed by atoms with Crippen LogP contribution in [-0.4, -0.2) is 24.8 Å². The number of amides is 1. The summed E-state index contributed by atoms with van der Waals surface area (Å²) in [5, 5.41) is 2.50. The number of ether oxygens (including phenoxy) is 2. The monoisotopic (exact) mass is 227 g/mol. The molecule has 0 radical (unpaired) electrons. The summed E-state index contributed by atoms with van der Waals surface area (Å²) in [5.74, 6) is -0.323. The van der Waals surface area contributed by atoms with Crippen molar-refractivity contribution in [3.63, 3.8) is 0 Å². The number of esters is 1. The highest BCUT2D eigenvalue weighted by Crippen LogP contribution is 2.19. The number of cyclic esters (lactones) is 1. The third kappa shape index (κ3) is 2.98. The van der Waals surface area contributed by atoms with Gasteiger partial charge in [-0.2, -0.15) is 0 Å². The zero-order valence-corrected chi connectivity index (χ0v) is 9.99. The maximum atomic E-state index is 11.7. The Morgan fingerprint density at radius 2 is 2.19 bits per heavy atom. The van der Waals surface area contributed by atoms with Crippen LogP contribution in [-0.2, 0) is 14.3 Å². The third-order valence-electron chi connectivity index (χ3n) is 2.13. The van der Waals surface area contributed by atoms with Crippen LogP contribution < -0.4 is 5.32 Å². The van der Waals surface area contributed by atoms with Crippen molar-refractivity contribution in [2.24, 2.45) is 5.41 Å². The number of rotatable bonds is 1. The highest BCUT2D eigenvalue weighted by molar-refractivity contribution is 5.76. The minimum atomic E-state index is -0.569. The number of hydrogen-bond donors (Lipinski definition) is 1. The molecule has 0 aliphatic carbocycles. The van der Waals surface area contributed by atoms with E-state index in [0.717, 1.165) is 0 Å². The Labute approximate surface area is 94.8 Å². The Morgan fingerprint density at radius 1 is 1.56 bits per heavy atom. The molecule has 0 spiro atoms. The van der Waals surface area contributed by atoms with E-state index in [4.69, 9.17) is 9.47 Å². The molecule has 0 aromatic carbocycles. The molecule has 0 bridgehead atoms. The molecule has 16 heavy (non-hydrogen) atoms. The molecular weight excluding hydrogens is 210 g/mol. The Morgan fingerprint density at radius 3 is 2.69 bits per heavy atom. The van der Waals surface area contributed by atoms with Crippen molar-refractivity contribution in [3.05, 3.63) is 11.8 Å². The summed E-state index contributed by atoms with van der Waals surface area (Å²) in [5.41, 5.74) is -0.00539. The standard InChI is InChI=1S/C11H17NO4/c1-5-7-8(6-15-10(14)12-7)16-9(13)11(2,3)4/h5,8H,6H2,1-4H3,(H,12,14)/b7-5-. The average Bonchev–Trinajstić information content (AvgIpc) is 2.19. The maximum Gasteiger partial charge on any atom is 0.411 e. The molecule has 1 fully saturated rings. The first-order valence-corrected chi connectivity index (χ1v) is 5.15. The van der Waals surface area contributed by atoms with Crippen molar-refractivity contribution < 1.29 is 19.1 Å². The molecule has 5 heteroatoms. The second-order valence-electron chi connectivity index (χ2n) is 4.61. The topological polar surface area (TPSA) is 64.6 Å². The molecule has 5 nitrogen and oxygen atoms in total. The molecule has 1 amide bonds. The molecule has 1 heterocycles. The lowest BCUT2D eigenvalue weighted by Crippen LogP contribution is -2.43. The first-order chi connectivity index (χ1) is 7.34. The van der Waals surface area contributed by atoms with Crippen molar-refractivity contribution >= 4 is 12.1 Å². The molecule has 0 aromatic heterocycles. The lowest BCUT2D eigenvalue weighted by atomic mass is 9.97. The summed E-state index contributed by atoms with van der Waals surface area (Å²) in [6.45, 7) is 7.14. The first-order valence-electron chi connectivity index (χ1n) is 5.15. The smallest absolute Gasteiger partial charge is 0.411 e. The van der Waals surface area contributed by atoms with Crippen molar-refractivity contribution in [3.8, 4) is 0 Å². The van der Waals surface area contributed by atoms with E-state index in [9.17, 15) is 9.59 Å². The van der Waals surface area contributed by atoms with Gasteiger partial charge in [-0.3, -0.25) is 10.1 Å². The lowest BCUT2D eigenvalue weighted by molar-refractivity contribution is -0.159. The molecule has 1 saturated heterocycles. The van der Waals surface area contributed by atoms with Gasteiger partial charge in [0, 0.05) is 0 Å². The third-order valence-corrected chi connectivity index (χ3v) is 2.13. The Hall–Kier alpha value is -1.52. The van der Waals surface area contributed by atoms with Crippen LogP contribution in [0.5, 0.6) is 0 Å². The van der Waals surface area contributed by atoms with E-state index in [1.54, 1.807) is 33.8 Å². The minimum Gasteiger partial charge on any atom is -0.452 e. The van der Waals surface area contributed by atoms with Gasteiger partial charge in [0.15, 0.2) is 6.10 Å². The Bertz CT molecular complexity index is 327. The van der Waals surface area contributed by atoms with E-state index >= 15 is 0 Å².